The van der Waals surface area contributed by atoms with E-state index >= 15 is 0 Å². The summed E-state index contributed by atoms with van der Waals surface area (Å²) in [5, 5.41) is 3.01. The average Bonchev–Trinajstić information content (AvgIpc) is 3.40. The van der Waals surface area contributed by atoms with Crippen LogP contribution in [0.5, 0.6) is 0 Å². The van der Waals surface area contributed by atoms with E-state index in [1.807, 2.05) is 89.5 Å². The summed E-state index contributed by atoms with van der Waals surface area (Å²) in [5.41, 5.74) is 3.86. The van der Waals surface area contributed by atoms with Gasteiger partial charge in [0, 0.05) is 17.3 Å². The van der Waals surface area contributed by atoms with Crippen molar-refractivity contribution in [2.75, 3.05) is 5.32 Å². The predicted octanol–water partition coefficient (Wildman–Crippen LogP) is 4.84. The molecule has 0 radical (unpaired) electrons. The number of oxazole rings is 1. The van der Waals surface area contributed by atoms with E-state index in [9.17, 15) is 4.79 Å². The lowest BCUT2D eigenvalue weighted by molar-refractivity contribution is -0.115. The zero-order valence-electron chi connectivity index (χ0n) is 16.0. The minimum absolute atomic E-state index is 0.102. The Hall–Kier alpha value is -4.19. The summed E-state index contributed by atoms with van der Waals surface area (Å²) < 4.78 is 7.41. The first-order chi connectivity index (χ1) is 14.8. The molecular formula is C24H18N4O2. The van der Waals surface area contributed by atoms with Crippen molar-refractivity contribution in [1.29, 1.82) is 0 Å². The van der Waals surface area contributed by atoms with E-state index in [0.717, 1.165) is 22.5 Å². The highest BCUT2D eigenvalue weighted by atomic mass is 16.3. The molecule has 0 saturated carbocycles. The number of carbonyl (C=O) groups is 1. The molecule has 2 aromatic carbocycles. The summed E-state index contributed by atoms with van der Waals surface area (Å²) in [7, 11) is 0. The summed E-state index contributed by atoms with van der Waals surface area (Å²) in [6.07, 6.45) is 3.51. The van der Waals surface area contributed by atoms with Gasteiger partial charge in [0.05, 0.1) is 12.1 Å². The van der Waals surface area contributed by atoms with Crippen molar-refractivity contribution in [3.05, 3.63) is 97.0 Å². The van der Waals surface area contributed by atoms with E-state index in [4.69, 9.17) is 9.40 Å². The lowest BCUT2D eigenvalue weighted by Gasteiger charge is -2.07. The van der Waals surface area contributed by atoms with Gasteiger partial charge in [-0.25, -0.2) is 9.97 Å². The van der Waals surface area contributed by atoms with Gasteiger partial charge < -0.3 is 9.73 Å². The molecule has 0 aliphatic carbocycles. The quantitative estimate of drug-likeness (QED) is 0.463. The number of pyridine rings is 1. The van der Waals surface area contributed by atoms with Crippen molar-refractivity contribution in [2.24, 2.45) is 0 Å². The van der Waals surface area contributed by atoms with Gasteiger partial charge in [0.1, 0.15) is 23.4 Å². The Morgan fingerprint density at radius 3 is 2.33 bits per heavy atom. The average molecular weight is 394 g/mol. The molecule has 0 unspecified atom stereocenters. The molecule has 0 aliphatic rings. The van der Waals surface area contributed by atoms with E-state index in [2.05, 4.69) is 10.3 Å². The van der Waals surface area contributed by atoms with Gasteiger partial charge in [0.25, 0.3) is 0 Å². The number of hydrogen-bond donors (Lipinski definition) is 1. The van der Waals surface area contributed by atoms with E-state index in [1.165, 1.54) is 6.26 Å². The zero-order chi connectivity index (χ0) is 20.3. The molecule has 5 aromatic rings. The predicted molar refractivity (Wildman–Crippen MR) is 115 cm³/mol. The molecule has 30 heavy (non-hydrogen) atoms. The SMILES string of the molecule is O=C(Cc1coc(-c2ccccc2)n1)Nc1c(-c2ccccc2)nc2ccccn12. The van der Waals surface area contributed by atoms with Gasteiger partial charge in [-0.15, -0.1) is 0 Å². The molecule has 0 fully saturated rings. The number of benzene rings is 2. The first-order valence-electron chi connectivity index (χ1n) is 9.60. The molecule has 0 aliphatic heterocycles. The van der Waals surface area contributed by atoms with Crippen LogP contribution in [0.2, 0.25) is 0 Å². The van der Waals surface area contributed by atoms with Gasteiger partial charge in [-0.3, -0.25) is 9.20 Å². The van der Waals surface area contributed by atoms with Crippen molar-refractivity contribution in [2.45, 2.75) is 6.42 Å². The molecule has 5 rings (SSSR count). The van der Waals surface area contributed by atoms with Crippen LogP contribution in [0.1, 0.15) is 5.69 Å². The fourth-order valence-electron chi connectivity index (χ4n) is 3.35. The standard InChI is InChI=1S/C24H18N4O2/c29-21(15-19-16-30-24(25-19)18-11-5-2-6-12-18)27-23-22(17-9-3-1-4-10-17)26-20-13-7-8-14-28(20)23/h1-14,16H,15H2,(H,27,29). The molecule has 0 atom stereocenters. The molecule has 0 bridgehead atoms. The maximum atomic E-state index is 12.8. The van der Waals surface area contributed by atoms with Gasteiger partial charge in [-0.05, 0) is 24.3 Å². The third-order valence-corrected chi connectivity index (χ3v) is 4.75. The summed E-state index contributed by atoms with van der Waals surface area (Å²) in [4.78, 5) is 22.0. The third-order valence-electron chi connectivity index (χ3n) is 4.75. The number of nitrogens with one attached hydrogen (secondary N) is 1. The normalized spacial score (nSPS) is 10.9. The number of anilines is 1. The first kappa shape index (κ1) is 17.9. The highest BCUT2D eigenvalue weighted by Gasteiger charge is 2.17. The van der Waals surface area contributed by atoms with Crippen LogP contribution >= 0.6 is 0 Å². The molecule has 3 heterocycles. The molecule has 146 valence electrons. The molecule has 0 spiro atoms. The second-order valence-corrected chi connectivity index (χ2v) is 6.84. The smallest absolute Gasteiger partial charge is 0.231 e. The maximum absolute atomic E-state index is 12.8. The van der Waals surface area contributed by atoms with Crippen LogP contribution in [0.4, 0.5) is 5.82 Å². The monoisotopic (exact) mass is 394 g/mol. The second-order valence-electron chi connectivity index (χ2n) is 6.84. The number of nitrogens with zero attached hydrogens (tertiary/aromatic N) is 3. The number of aromatic nitrogens is 3. The van der Waals surface area contributed by atoms with Crippen molar-refractivity contribution in [1.82, 2.24) is 14.4 Å². The molecular weight excluding hydrogens is 376 g/mol. The van der Waals surface area contributed by atoms with Crippen LogP contribution in [0, 0.1) is 0 Å². The van der Waals surface area contributed by atoms with Gasteiger partial charge >= 0.3 is 0 Å². The number of rotatable bonds is 5. The Balaban J connectivity index is 1.42. The fraction of sp³-hybridized carbons (Fsp3) is 0.0417. The Bertz CT molecular complexity index is 1310. The Morgan fingerprint density at radius 2 is 1.57 bits per heavy atom. The number of amides is 1. The molecule has 6 nitrogen and oxygen atoms in total. The number of hydrogen-bond acceptors (Lipinski definition) is 4. The Morgan fingerprint density at radius 1 is 0.867 bits per heavy atom. The molecule has 6 heteroatoms. The largest absolute Gasteiger partial charge is 0.444 e. The second kappa shape index (κ2) is 7.67. The maximum Gasteiger partial charge on any atom is 0.231 e. The van der Waals surface area contributed by atoms with E-state index in [-0.39, 0.29) is 12.3 Å². The van der Waals surface area contributed by atoms with Crippen LogP contribution in [0.15, 0.2) is 95.7 Å². The van der Waals surface area contributed by atoms with E-state index in [0.29, 0.717) is 17.4 Å². The minimum Gasteiger partial charge on any atom is -0.444 e. The van der Waals surface area contributed by atoms with Crippen LogP contribution in [-0.2, 0) is 11.2 Å². The number of carbonyl (C=O) groups excluding carboxylic acids is 1. The third kappa shape index (κ3) is 3.46. The summed E-state index contributed by atoms with van der Waals surface area (Å²) >= 11 is 0. The van der Waals surface area contributed by atoms with Gasteiger partial charge in [-0.2, -0.15) is 0 Å². The highest BCUT2D eigenvalue weighted by Crippen LogP contribution is 2.28. The topological polar surface area (TPSA) is 72.4 Å². The van der Waals surface area contributed by atoms with Crippen LogP contribution in [-0.4, -0.2) is 20.3 Å². The van der Waals surface area contributed by atoms with Gasteiger partial charge in [0.15, 0.2) is 0 Å². The Labute approximate surface area is 172 Å². The van der Waals surface area contributed by atoms with E-state index < -0.39 is 0 Å². The van der Waals surface area contributed by atoms with Crippen LogP contribution < -0.4 is 5.32 Å². The first-order valence-corrected chi connectivity index (χ1v) is 9.60. The van der Waals surface area contributed by atoms with Crippen LogP contribution in [0.25, 0.3) is 28.4 Å². The molecule has 3 aromatic heterocycles. The summed E-state index contributed by atoms with van der Waals surface area (Å²) in [6, 6.07) is 25.1. The summed E-state index contributed by atoms with van der Waals surface area (Å²) in [5.74, 6) is 0.942. The van der Waals surface area contributed by atoms with Crippen molar-refractivity contribution >= 4 is 17.4 Å². The molecule has 0 saturated heterocycles. The highest BCUT2D eigenvalue weighted by molar-refractivity contribution is 5.95. The van der Waals surface area contributed by atoms with E-state index in [1.54, 1.807) is 0 Å². The number of imidazole rings is 1. The summed E-state index contributed by atoms with van der Waals surface area (Å²) in [6.45, 7) is 0. The zero-order valence-corrected chi connectivity index (χ0v) is 16.0. The lowest BCUT2D eigenvalue weighted by atomic mass is 10.1. The molecule has 1 amide bonds. The van der Waals surface area contributed by atoms with Crippen molar-refractivity contribution in [3.8, 4) is 22.7 Å². The minimum atomic E-state index is -0.189. The lowest BCUT2D eigenvalue weighted by Crippen LogP contribution is -2.16. The number of fused-ring (bicyclic) bond motifs is 1. The van der Waals surface area contributed by atoms with Crippen molar-refractivity contribution in [3.63, 3.8) is 0 Å². The van der Waals surface area contributed by atoms with Gasteiger partial charge in [-0.1, -0.05) is 54.6 Å². The molecule has 1 N–H and O–H groups in total. The van der Waals surface area contributed by atoms with Crippen LogP contribution in [0.3, 0.4) is 0 Å². The fourth-order valence-corrected chi connectivity index (χ4v) is 3.35. The van der Waals surface area contributed by atoms with Crippen molar-refractivity contribution < 1.29 is 9.21 Å². The van der Waals surface area contributed by atoms with Gasteiger partial charge in [0.2, 0.25) is 11.8 Å². The Kier molecular flexibility index (Phi) is 4.57.